The van der Waals surface area contributed by atoms with Gasteiger partial charge in [-0.1, -0.05) is 0 Å². The van der Waals surface area contributed by atoms with E-state index in [0.29, 0.717) is 0 Å². The van der Waals surface area contributed by atoms with Crippen molar-refractivity contribution in [1.29, 1.82) is 0 Å². The van der Waals surface area contributed by atoms with E-state index in [1.54, 1.807) is 12.4 Å². The highest BCUT2D eigenvalue weighted by Gasteiger charge is 1.96. The van der Waals surface area contributed by atoms with Gasteiger partial charge in [0.25, 0.3) is 0 Å². The summed E-state index contributed by atoms with van der Waals surface area (Å²) in [7, 11) is 4.08. The molecule has 0 atom stereocenters. The molecule has 0 aliphatic carbocycles. The van der Waals surface area contributed by atoms with Gasteiger partial charge in [-0.25, -0.2) is 9.97 Å². The van der Waals surface area contributed by atoms with Gasteiger partial charge < -0.3 is 4.90 Å². The Morgan fingerprint density at radius 2 is 1.92 bits per heavy atom. The van der Waals surface area contributed by atoms with Crippen LogP contribution in [-0.4, -0.2) is 35.5 Å². The maximum Gasteiger partial charge on any atom is 0.129 e. The van der Waals surface area contributed by atoms with Gasteiger partial charge >= 0.3 is 0 Å². The van der Waals surface area contributed by atoms with E-state index in [1.165, 1.54) is 0 Å². The van der Waals surface area contributed by atoms with Crippen LogP contribution in [0.15, 0.2) is 16.9 Å². The van der Waals surface area contributed by atoms with Crippen molar-refractivity contribution in [3.63, 3.8) is 0 Å². The van der Waals surface area contributed by atoms with Crippen molar-refractivity contribution in [2.45, 2.75) is 6.42 Å². The summed E-state index contributed by atoms with van der Waals surface area (Å²) in [6, 6.07) is 0. The highest BCUT2D eigenvalue weighted by atomic mass is 79.9. The molecule has 1 heterocycles. The fourth-order valence-corrected chi connectivity index (χ4v) is 0.996. The average molecular weight is 230 g/mol. The zero-order valence-electron chi connectivity index (χ0n) is 7.29. The van der Waals surface area contributed by atoms with Crippen LogP contribution < -0.4 is 0 Å². The van der Waals surface area contributed by atoms with Crippen LogP contribution in [0.5, 0.6) is 0 Å². The molecule has 1 rings (SSSR count). The van der Waals surface area contributed by atoms with E-state index in [2.05, 4.69) is 30.8 Å². The lowest BCUT2D eigenvalue weighted by molar-refractivity contribution is 0.409. The highest BCUT2D eigenvalue weighted by Crippen LogP contribution is 2.04. The summed E-state index contributed by atoms with van der Waals surface area (Å²) in [6.07, 6.45) is 4.45. The first-order valence-corrected chi connectivity index (χ1v) is 4.59. The number of rotatable bonds is 3. The third-order valence-electron chi connectivity index (χ3n) is 1.46. The topological polar surface area (TPSA) is 29.0 Å². The van der Waals surface area contributed by atoms with Crippen molar-refractivity contribution in [2.24, 2.45) is 0 Å². The molecule has 0 spiro atoms. The zero-order valence-corrected chi connectivity index (χ0v) is 8.87. The monoisotopic (exact) mass is 229 g/mol. The van der Waals surface area contributed by atoms with Crippen molar-refractivity contribution >= 4 is 15.9 Å². The summed E-state index contributed by atoms with van der Waals surface area (Å²) < 4.78 is 0.927. The lowest BCUT2D eigenvalue weighted by Gasteiger charge is -2.07. The van der Waals surface area contributed by atoms with E-state index in [4.69, 9.17) is 0 Å². The van der Waals surface area contributed by atoms with Crippen LogP contribution >= 0.6 is 15.9 Å². The van der Waals surface area contributed by atoms with E-state index in [0.717, 1.165) is 23.3 Å². The molecule has 0 saturated carbocycles. The Hall–Kier alpha value is -0.480. The molecule has 0 aliphatic heterocycles. The molecule has 12 heavy (non-hydrogen) atoms. The zero-order chi connectivity index (χ0) is 8.97. The standard InChI is InChI=1S/C8H12BrN3/c1-12(2)4-3-8-10-5-7(9)6-11-8/h5-6H,3-4H2,1-2H3. The molecule has 66 valence electrons. The predicted octanol–water partition coefficient (Wildman–Crippen LogP) is 1.34. The Bertz CT molecular complexity index is 233. The van der Waals surface area contributed by atoms with Gasteiger partial charge in [-0.2, -0.15) is 0 Å². The van der Waals surface area contributed by atoms with Crippen molar-refractivity contribution in [1.82, 2.24) is 14.9 Å². The van der Waals surface area contributed by atoms with Crippen molar-refractivity contribution < 1.29 is 0 Å². The molecule has 4 heteroatoms. The number of hydrogen-bond acceptors (Lipinski definition) is 3. The van der Waals surface area contributed by atoms with Crippen LogP contribution in [-0.2, 0) is 6.42 Å². The summed E-state index contributed by atoms with van der Waals surface area (Å²) in [5, 5.41) is 0. The molecule has 1 aromatic heterocycles. The number of aromatic nitrogens is 2. The molecule has 0 fully saturated rings. The van der Waals surface area contributed by atoms with Gasteiger partial charge in [-0.15, -0.1) is 0 Å². The molecule has 1 aromatic rings. The van der Waals surface area contributed by atoms with Gasteiger partial charge in [-0.05, 0) is 30.0 Å². The second-order valence-corrected chi connectivity index (χ2v) is 3.79. The SMILES string of the molecule is CN(C)CCc1ncc(Br)cn1. The normalized spacial score (nSPS) is 10.7. The van der Waals surface area contributed by atoms with Gasteiger partial charge in [0.1, 0.15) is 5.82 Å². The van der Waals surface area contributed by atoms with E-state index in [-0.39, 0.29) is 0 Å². The first-order chi connectivity index (χ1) is 5.68. The maximum absolute atomic E-state index is 4.17. The Balaban J connectivity index is 2.48. The first-order valence-electron chi connectivity index (χ1n) is 3.79. The molecule has 0 amide bonds. The molecule has 0 bridgehead atoms. The largest absolute Gasteiger partial charge is 0.309 e. The average Bonchev–Trinajstić information content (AvgIpc) is 2.03. The van der Waals surface area contributed by atoms with E-state index in [1.807, 2.05) is 14.1 Å². The Kier molecular flexibility index (Phi) is 3.62. The summed E-state index contributed by atoms with van der Waals surface area (Å²) >= 11 is 3.29. The van der Waals surface area contributed by atoms with Crippen LogP contribution in [0.2, 0.25) is 0 Å². The molecule has 0 radical (unpaired) electrons. The molecule has 0 aromatic carbocycles. The van der Waals surface area contributed by atoms with Crippen molar-refractivity contribution in [3.05, 3.63) is 22.7 Å². The third-order valence-corrected chi connectivity index (χ3v) is 1.87. The predicted molar refractivity (Wildman–Crippen MR) is 52.0 cm³/mol. The lowest BCUT2D eigenvalue weighted by atomic mass is 10.4. The molecule has 0 saturated heterocycles. The van der Waals surface area contributed by atoms with E-state index >= 15 is 0 Å². The third kappa shape index (κ3) is 3.28. The molecule has 0 unspecified atom stereocenters. The fraction of sp³-hybridized carbons (Fsp3) is 0.500. The maximum atomic E-state index is 4.17. The van der Waals surface area contributed by atoms with Gasteiger partial charge in [0.2, 0.25) is 0 Å². The molecule has 0 aliphatic rings. The van der Waals surface area contributed by atoms with Gasteiger partial charge in [0.15, 0.2) is 0 Å². The van der Waals surface area contributed by atoms with E-state index in [9.17, 15) is 0 Å². The second kappa shape index (κ2) is 4.52. The van der Waals surface area contributed by atoms with Crippen LogP contribution in [0.4, 0.5) is 0 Å². The second-order valence-electron chi connectivity index (χ2n) is 2.87. The molecular weight excluding hydrogens is 218 g/mol. The summed E-state index contributed by atoms with van der Waals surface area (Å²) in [5.41, 5.74) is 0. The first kappa shape index (κ1) is 9.61. The van der Waals surface area contributed by atoms with E-state index < -0.39 is 0 Å². The minimum atomic E-state index is 0.895. The Morgan fingerprint density at radius 1 is 1.33 bits per heavy atom. The summed E-state index contributed by atoms with van der Waals surface area (Å²) in [4.78, 5) is 10.4. The summed E-state index contributed by atoms with van der Waals surface area (Å²) in [6.45, 7) is 0.988. The lowest BCUT2D eigenvalue weighted by Crippen LogP contribution is -2.16. The minimum Gasteiger partial charge on any atom is -0.309 e. The smallest absolute Gasteiger partial charge is 0.129 e. The molecule has 3 nitrogen and oxygen atoms in total. The van der Waals surface area contributed by atoms with Crippen LogP contribution in [0.3, 0.4) is 0 Å². The van der Waals surface area contributed by atoms with Crippen molar-refractivity contribution in [2.75, 3.05) is 20.6 Å². The Morgan fingerprint density at radius 3 is 2.42 bits per heavy atom. The van der Waals surface area contributed by atoms with Crippen LogP contribution in [0.25, 0.3) is 0 Å². The molecular formula is C8H12BrN3. The number of hydrogen-bond donors (Lipinski definition) is 0. The van der Waals surface area contributed by atoms with Gasteiger partial charge in [-0.3, -0.25) is 0 Å². The van der Waals surface area contributed by atoms with Crippen LogP contribution in [0, 0.1) is 0 Å². The number of likely N-dealkylation sites (N-methyl/N-ethyl adjacent to an activating group) is 1. The quantitative estimate of drug-likeness (QED) is 0.784. The highest BCUT2D eigenvalue weighted by molar-refractivity contribution is 9.10. The Labute approximate surface area is 81.0 Å². The van der Waals surface area contributed by atoms with Gasteiger partial charge in [0.05, 0.1) is 4.47 Å². The van der Waals surface area contributed by atoms with Crippen LogP contribution in [0.1, 0.15) is 5.82 Å². The van der Waals surface area contributed by atoms with Gasteiger partial charge in [0, 0.05) is 25.4 Å². The number of nitrogens with zero attached hydrogens (tertiary/aromatic N) is 3. The fourth-order valence-electron chi connectivity index (χ4n) is 0.792. The number of halogens is 1. The van der Waals surface area contributed by atoms with Crippen molar-refractivity contribution in [3.8, 4) is 0 Å². The minimum absolute atomic E-state index is 0.895. The molecule has 0 N–H and O–H groups in total. The summed E-state index contributed by atoms with van der Waals surface area (Å²) in [5.74, 6) is 0.895.